The number of anilines is 1. The normalized spacial score (nSPS) is 20.1. The Morgan fingerprint density at radius 3 is 2.47 bits per heavy atom. The van der Waals surface area contributed by atoms with Crippen molar-refractivity contribution in [3.05, 3.63) is 82.7 Å². The number of carbonyl (C=O) groups is 1. The molecule has 1 aliphatic carbocycles. The maximum atomic E-state index is 13.0. The molecule has 2 atom stereocenters. The van der Waals surface area contributed by atoms with Crippen LogP contribution in [0.15, 0.2) is 60.3 Å². The molecule has 5 heteroatoms. The van der Waals surface area contributed by atoms with Crippen LogP contribution in [0.1, 0.15) is 41.1 Å². The molecule has 0 saturated heterocycles. The Morgan fingerprint density at radius 2 is 1.77 bits per heavy atom. The summed E-state index contributed by atoms with van der Waals surface area (Å²) in [5.74, 6) is 1.79. The van der Waals surface area contributed by atoms with Crippen LogP contribution in [0.25, 0.3) is 5.69 Å². The van der Waals surface area contributed by atoms with E-state index in [1.54, 1.807) is 7.11 Å². The van der Waals surface area contributed by atoms with Gasteiger partial charge in [-0.05, 0) is 50.1 Å². The topological polar surface area (TPSA) is 56.1 Å². The molecule has 0 saturated carbocycles. The van der Waals surface area contributed by atoms with Gasteiger partial charge in [-0.15, -0.1) is 0 Å². The van der Waals surface area contributed by atoms with E-state index < -0.39 is 0 Å². The number of rotatable bonds is 3. The minimum Gasteiger partial charge on any atom is -0.497 e. The first kappa shape index (κ1) is 18.7. The van der Waals surface area contributed by atoms with Crippen molar-refractivity contribution in [3.63, 3.8) is 0 Å². The van der Waals surface area contributed by atoms with E-state index in [4.69, 9.17) is 9.84 Å². The van der Waals surface area contributed by atoms with Crippen LogP contribution in [0.5, 0.6) is 5.75 Å². The number of nitrogens with zero attached hydrogens (tertiary/aromatic N) is 2. The van der Waals surface area contributed by atoms with Gasteiger partial charge in [-0.1, -0.05) is 35.9 Å². The standard InChI is InChI=1S/C25H25N3O2/c1-15-7-11-18(12-8-15)28-25-22(16(2)27-28)23(17-9-13-19(30-3)14-10-17)24-20(26-25)5-4-6-21(24)29/h5,7-14,23-24,26H,4,6H2,1-3H3/t23-,24+/m0/s1. The third-order valence-electron chi connectivity index (χ3n) is 6.20. The molecule has 1 aromatic heterocycles. The van der Waals surface area contributed by atoms with Gasteiger partial charge in [0.15, 0.2) is 0 Å². The fourth-order valence-corrected chi connectivity index (χ4v) is 4.70. The second kappa shape index (κ2) is 7.17. The third kappa shape index (κ3) is 2.93. The maximum Gasteiger partial charge on any atom is 0.143 e. The predicted molar refractivity (Wildman–Crippen MR) is 117 cm³/mol. The van der Waals surface area contributed by atoms with E-state index >= 15 is 0 Å². The highest BCUT2D eigenvalue weighted by molar-refractivity contribution is 5.89. The van der Waals surface area contributed by atoms with E-state index in [9.17, 15) is 4.79 Å². The Bertz CT molecular complexity index is 1140. The molecule has 0 bridgehead atoms. The number of aromatic nitrogens is 2. The molecule has 1 N–H and O–H groups in total. The Balaban J connectivity index is 1.71. The van der Waals surface area contributed by atoms with Crippen LogP contribution in [0.2, 0.25) is 0 Å². The van der Waals surface area contributed by atoms with Gasteiger partial charge in [-0.3, -0.25) is 4.79 Å². The Morgan fingerprint density at radius 1 is 1.03 bits per heavy atom. The van der Waals surface area contributed by atoms with Crippen molar-refractivity contribution in [3.8, 4) is 11.4 Å². The average Bonchev–Trinajstić information content (AvgIpc) is 3.09. The van der Waals surface area contributed by atoms with Gasteiger partial charge in [0.05, 0.1) is 24.4 Å². The summed E-state index contributed by atoms with van der Waals surface area (Å²) in [7, 11) is 1.67. The van der Waals surface area contributed by atoms with Crippen LogP contribution in [0.4, 0.5) is 5.82 Å². The third-order valence-corrected chi connectivity index (χ3v) is 6.20. The summed E-state index contributed by atoms with van der Waals surface area (Å²) in [5, 5.41) is 8.45. The van der Waals surface area contributed by atoms with Crippen LogP contribution in [-0.2, 0) is 4.79 Å². The van der Waals surface area contributed by atoms with Crippen LogP contribution in [0, 0.1) is 19.8 Å². The number of nitrogens with one attached hydrogen (secondary N) is 1. The van der Waals surface area contributed by atoms with Crippen molar-refractivity contribution in [2.75, 3.05) is 12.4 Å². The molecule has 152 valence electrons. The smallest absolute Gasteiger partial charge is 0.143 e. The minimum atomic E-state index is -0.200. The second-order valence-corrected chi connectivity index (χ2v) is 8.11. The molecule has 30 heavy (non-hydrogen) atoms. The second-order valence-electron chi connectivity index (χ2n) is 8.11. The van der Waals surface area contributed by atoms with Gasteiger partial charge in [0, 0.05) is 23.6 Å². The van der Waals surface area contributed by atoms with Crippen LogP contribution < -0.4 is 10.1 Å². The van der Waals surface area contributed by atoms with E-state index in [1.165, 1.54) is 5.56 Å². The molecule has 0 amide bonds. The Labute approximate surface area is 176 Å². The lowest BCUT2D eigenvalue weighted by molar-refractivity contribution is -0.122. The van der Waals surface area contributed by atoms with Crippen LogP contribution in [-0.4, -0.2) is 22.7 Å². The van der Waals surface area contributed by atoms with E-state index in [0.717, 1.165) is 46.2 Å². The molecular weight excluding hydrogens is 374 g/mol. The Hall–Kier alpha value is -3.34. The fourth-order valence-electron chi connectivity index (χ4n) is 4.70. The highest BCUT2D eigenvalue weighted by Crippen LogP contribution is 2.48. The number of benzene rings is 2. The lowest BCUT2D eigenvalue weighted by Gasteiger charge is -2.36. The maximum absolute atomic E-state index is 13.0. The summed E-state index contributed by atoms with van der Waals surface area (Å²) in [6.07, 6.45) is 3.54. The molecule has 3 aromatic rings. The van der Waals surface area contributed by atoms with Crippen molar-refractivity contribution in [1.82, 2.24) is 9.78 Å². The predicted octanol–water partition coefficient (Wildman–Crippen LogP) is 4.92. The molecule has 0 radical (unpaired) electrons. The molecule has 5 rings (SSSR count). The van der Waals surface area contributed by atoms with Crippen molar-refractivity contribution >= 4 is 11.6 Å². The quantitative estimate of drug-likeness (QED) is 0.679. The van der Waals surface area contributed by atoms with Crippen molar-refractivity contribution < 1.29 is 9.53 Å². The van der Waals surface area contributed by atoms with E-state index in [2.05, 4.69) is 54.7 Å². The van der Waals surface area contributed by atoms with Crippen LogP contribution >= 0.6 is 0 Å². The SMILES string of the molecule is COc1ccc([C@H]2c3c(C)nn(-c4ccc(C)cc4)c3NC3=CCCC(=O)[C@@H]32)cc1. The first-order valence-corrected chi connectivity index (χ1v) is 10.4. The number of methoxy groups -OCH3 is 1. The summed E-state index contributed by atoms with van der Waals surface area (Å²) < 4.78 is 7.31. The number of hydrogen-bond acceptors (Lipinski definition) is 4. The highest BCUT2D eigenvalue weighted by atomic mass is 16.5. The van der Waals surface area contributed by atoms with Gasteiger partial charge in [0.25, 0.3) is 0 Å². The lowest BCUT2D eigenvalue weighted by atomic mass is 9.72. The summed E-state index contributed by atoms with van der Waals surface area (Å²) in [5.41, 5.74) is 6.35. The number of ketones is 1. The fraction of sp³-hybridized carbons (Fsp3) is 0.280. The van der Waals surface area contributed by atoms with E-state index in [1.807, 2.05) is 23.7 Å². The molecular formula is C25H25N3O2. The number of carbonyl (C=O) groups excluding carboxylic acids is 1. The number of fused-ring (bicyclic) bond motifs is 2. The molecule has 2 heterocycles. The van der Waals surface area contributed by atoms with Gasteiger partial charge in [0.2, 0.25) is 0 Å². The largest absolute Gasteiger partial charge is 0.497 e. The molecule has 0 spiro atoms. The van der Waals surface area contributed by atoms with Gasteiger partial charge >= 0.3 is 0 Å². The molecule has 0 fully saturated rings. The number of Topliss-reactive ketones (excluding diaryl/α,β-unsaturated/α-hetero) is 1. The molecule has 2 aromatic carbocycles. The number of ether oxygens (including phenoxy) is 1. The average molecular weight is 399 g/mol. The molecule has 2 aliphatic rings. The minimum absolute atomic E-state index is 0.0644. The van der Waals surface area contributed by atoms with E-state index in [0.29, 0.717) is 6.42 Å². The number of allylic oxidation sites excluding steroid dienone is 2. The number of aryl methyl sites for hydroxylation is 2. The number of hydrogen-bond donors (Lipinski definition) is 1. The summed E-state index contributed by atoms with van der Waals surface area (Å²) in [6, 6.07) is 16.4. The zero-order chi connectivity index (χ0) is 20.8. The zero-order valence-corrected chi connectivity index (χ0v) is 17.5. The van der Waals surface area contributed by atoms with Crippen molar-refractivity contribution in [1.29, 1.82) is 0 Å². The van der Waals surface area contributed by atoms with Crippen molar-refractivity contribution in [2.24, 2.45) is 5.92 Å². The summed E-state index contributed by atoms with van der Waals surface area (Å²) in [6.45, 7) is 4.11. The van der Waals surface area contributed by atoms with Crippen molar-refractivity contribution in [2.45, 2.75) is 32.6 Å². The zero-order valence-electron chi connectivity index (χ0n) is 17.5. The first-order valence-electron chi connectivity index (χ1n) is 10.4. The van der Waals surface area contributed by atoms with Gasteiger partial charge in [0.1, 0.15) is 17.4 Å². The molecule has 1 aliphatic heterocycles. The summed E-state index contributed by atoms with van der Waals surface area (Å²) in [4.78, 5) is 13.0. The van der Waals surface area contributed by atoms with Gasteiger partial charge < -0.3 is 10.1 Å². The highest BCUT2D eigenvalue weighted by Gasteiger charge is 2.42. The van der Waals surface area contributed by atoms with Gasteiger partial charge in [-0.2, -0.15) is 5.10 Å². The van der Waals surface area contributed by atoms with Crippen LogP contribution in [0.3, 0.4) is 0 Å². The van der Waals surface area contributed by atoms with E-state index in [-0.39, 0.29) is 17.6 Å². The molecule has 5 nitrogen and oxygen atoms in total. The monoisotopic (exact) mass is 399 g/mol. The first-order chi connectivity index (χ1) is 14.6. The molecule has 0 unspecified atom stereocenters. The van der Waals surface area contributed by atoms with Gasteiger partial charge in [-0.25, -0.2) is 4.68 Å². The Kier molecular flexibility index (Phi) is 4.46. The lowest BCUT2D eigenvalue weighted by Crippen LogP contribution is -2.35. The summed E-state index contributed by atoms with van der Waals surface area (Å²) >= 11 is 0.